The summed E-state index contributed by atoms with van der Waals surface area (Å²) in [5.74, 6) is -1.85. The SMILES string of the molecule is O=C(O)C1COCCN1C(=O)Cn1ccc(C(F)(F)F)n1. The summed E-state index contributed by atoms with van der Waals surface area (Å²) in [6.07, 6.45) is -3.56. The summed E-state index contributed by atoms with van der Waals surface area (Å²) in [6, 6.07) is -0.384. The predicted octanol–water partition coefficient (Wildman–Crippen LogP) is 0.214. The van der Waals surface area contributed by atoms with Crippen molar-refractivity contribution in [3.05, 3.63) is 18.0 Å². The van der Waals surface area contributed by atoms with Gasteiger partial charge in [-0.05, 0) is 6.07 Å². The zero-order valence-electron chi connectivity index (χ0n) is 10.7. The van der Waals surface area contributed by atoms with E-state index < -0.39 is 36.3 Å². The second kappa shape index (κ2) is 5.72. The molecule has 2 rings (SSSR count). The molecule has 1 atom stereocenters. The maximum absolute atomic E-state index is 12.4. The van der Waals surface area contributed by atoms with Crippen LogP contribution in [0.5, 0.6) is 0 Å². The number of rotatable bonds is 3. The third-order valence-electron chi connectivity index (χ3n) is 2.96. The van der Waals surface area contributed by atoms with Crippen molar-refractivity contribution in [3.8, 4) is 0 Å². The molecule has 0 aromatic carbocycles. The number of hydrogen-bond acceptors (Lipinski definition) is 4. The first-order valence-corrected chi connectivity index (χ1v) is 5.99. The van der Waals surface area contributed by atoms with Crippen molar-refractivity contribution in [3.63, 3.8) is 0 Å². The van der Waals surface area contributed by atoms with E-state index in [0.29, 0.717) is 0 Å². The highest BCUT2D eigenvalue weighted by molar-refractivity contribution is 5.83. The smallest absolute Gasteiger partial charge is 0.435 e. The van der Waals surface area contributed by atoms with Gasteiger partial charge in [0.1, 0.15) is 6.54 Å². The molecule has 116 valence electrons. The number of carbonyl (C=O) groups is 2. The van der Waals surface area contributed by atoms with E-state index >= 15 is 0 Å². The lowest BCUT2D eigenvalue weighted by Crippen LogP contribution is -2.53. The van der Waals surface area contributed by atoms with Gasteiger partial charge >= 0.3 is 12.1 Å². The summed E-state index contributed by atoms with van der Waals surface area (Å²) >= 11 is 0. The molecule has 10 heteroatoms. The minimum atomic E-state index is -4.59. The summed E-state index contributed by atoms with van der Waals surface area (Å²) in [4.78, 5) is 24.1. The van der Waals surface area contributed by atoms with Crippen LogP contribution in [0.15, 0.2) is 12.3 Å². The average molecular weight is 307 g/mol. The molecule has 1 aliphatic heterocycles. The maximum atomic E-state index is 12.4. The van der Waals surface area contributed by atoms with Crippen molar-refractivity contribution in [2.75, 3.05) is 19.8 Å². The van der Waals surface area contributed by atoms with E-state index in [9.17, 15) is 22.8 Å². The van der Waals surface area contributed by atoms with E-state index in [-0.39, 0.29) is 19.8 Å². The molecule has 1 aromatic heterocycles. The van der Waals surface area contributed by atoms with Crippen LogP contribution in [0.1, 0.15) is 5.69 Å². The number of carboxylic acids is 1. The number of carboxylic acid groups (broad SMARTS) is 1. The van der Waals surface area contributed by atoms with Gasteiger partial charge in [-0.25, -0.2) is 4.79 Å². The zero-order chi connectivity index (χ0) is 15.6. The van der Waals surface area contributed by atoms with E-state index in [4.69, 9.17) is 9.84 Å². The lowest BCUT2D eigenvalue weighted by molar-refractivity contribution is -0.158. The second-order valence-electron chi connectivity index (χ2n) is 4.41. The quantitative estimate of drug-likeness (QED) is 0.863. The molecular weight excluding hydrogens is 295 g/mol. The Morgan fingerprint density at radius 1 is 1.48 bits per heavy atom. The highest BCUT2D eigenvalue weighted by Crippen LogP contribution is 2.27. The van der Waals surface area contributed by atoms with Gasteiger partial charge in [-0.1, -0.05) is 0 Å². The van der Waals surface area contributed by atoms with Gasteiger partial charge in [0.15, 0.2) is 11.7 Å². The monoisotopic (exact) mass is 307 g/mol. The molecule has 1 fully saturated rings. The van der Waals surface area contributed by atoms with Crippen molar-refractivity contribution in [1.29, 1.82) is 0 Å². The molecule has 7 nitrogen and oxygen atoms in total. The topological polar surface area (TPSA) is 84.7 Å². The van der Waals surface area contributed by atoms with Crippen molar-refractivity contribution < 1.29 is 32.6 Å². The van der Waals surface area contributed by atoms with Crippen LogP contribution in [0.2, 0.25) is 0 Å². The maximum Gasteiger partial charge on any atom is 0.435 e. The number of aliphatic carboxylic acids is 1. The van der Waals surface area contributed by atoms with Crippen LogP contribution >= 0.6 is 0 Å². The predicted molar refractivity (Wildman–Crippen MR) is 61.2 cm³/mol. The van der Waals surface area contributed by atoms with Crippen LogP contribution in [-0.4, -0.2) is 57.5 Å². The Labute approximate surface area is 116 Å². The van der Waals surface area contributed by atoms with Gasteiger partial charge < -0.3 is 14.7 Å². The highest BCUT2D eigenvalue weighted by atomic mass is 19.4. The molecular formula is C11H12F3N3O4. The molecule has 2 heterocycles. The molecule has 0 spiro atoms. The number of aromatic nitrogens is 2. The fourth-order valence-corrected chi connectivity index (χ4v) is 1.94. The fraction of sp³-hybridized carbons (Fsp3) is 0.545. The number of alkyl halides is 3. The van der Waals surface area contributed by atoms with Crippen LogP contribution < -0.4 is 0 Å². The van der Waals surface area contributed by atoms with Crippen molar-refractivity contribution in [2.45, 2.75) is 18.8 Å². The Balaban J connectivity index is 2.06. The lowest BCUT2D eigenvalue weighted by atomic mass is 10.2. The van der Waals surface area contributed by atoms with Gasteiger partial charge in [0.25, 0.3) is 0 Å². The Kier molecular flexibility index (Phi) is 4.16. The zero-order valence-corrected chi connectivity index (χ0v) is 10.7. The van der Waals surface area contributed by atoms with E-state index in [0.717, 1.165) is 21.8 Å². The summed E-state index contributed by atoms with van der Waals surface area (Å²) in [5, 5.41) is 12.2. The van der Waals surface area contributed by atoms with Crippen LogP contribution in [0.3, 0.4) is 0 Å². The standard InChI is InChI=1S/C11H12F3N3O4/c12-11(13,14)8-1-2-16(15-8)5-9(18)17-3-4-21-6-7(17)10(19)20/h1-2,7H,3-6H2,(H,19,20). The largest absolute Gasteiger partial charge is 0.480 e. The summed E-state index contributed by atoms with van der Waals surface area (Å²) in [7, 11) is 0. The van der Waals surface area contributed by atoms with Gasteiger partial charge in [0, 0.05) is 12.7 Å². The number of halogens is 3. The number of amides is 1. The Morgan fingerprint density at radius 3 is 2.76 bits per heavy atom. The molecule has 1 unspecified atom stereocenters. The first-order chi connectivity index (χ1) is 9.79. The Hall–Kier alpha value is -2.10. The van der Waals surface area contributed by atoms with E-state index in [2.05, 4.69) is 5.10 Å². The molecule has 0 saturated carbocycles. The van der Waals surface area contributed by atoms with Crippen LogP contribution in [-0.2, 0) is 27.0 Å². The summed E-state index contributed by atoms with van der Waals surface area (Å²) in [5.41, 5.74) is -1.10. The van der Waals surface area contributed by atoms with Crippen LogP contribution in [0, 0.1) is 0 Å². The summed E-state index contributed by atoms with van der Waals surface area (Å²) < 4.78 is 43.0. The lowest BCUT2D eigenvalue weighted by Gasteiger charge is -2.32. The average Bonchev–Trinajstić information content (AvgIpc) is 2.87. The molecule has 1 aliphatic rings. The molecule has 1 aromatic rings. The van der Waals surface area contributed by atoms with Gasteiger partial charge in [-0.3, -0.25) is 9.48 Å². The van der Waals surface area contributed by atoms with Crippen molar-refractivity contribution >= 4 is 11.9 Å². The molecule has 0 radical (unpaired) electrons. The third kappa shape index (κ3) is 3.51. The summed E-state index contributed by atoms with van der Waals surface area (Å²) in [6.45, 7) is -0.348. The first kappa shape index (κ1) is 15.3. The van der Waals surface area contributed by atoms with Crippen molar-refractivity contribution in [1.82, 2.24) is 14.7 Å². The van der Waals surface area contributed by atoms with E-state index in [1.54, 1.807) is 0 Å². The van der Waals surface area contributed by atoms with E-state index in [1.807, 2.05) is 0 Å². The van der Waals surface area contributed by atoms with Crippen LogP contribution in [0.25, 0.3) is 0 Å². The van der Waals surface area contributed by atoms with Gasteiger partial charge in [-0.15, -0.1) is 0 Å². The van der Waals surface area contributed by atoms with E-state index in [1.165, 1.54) is 0 Å². The Bertz CT molecular complexity index is 543. The van der Waals surface area contributed by atoms with Gasteiger partial charge in [0.2, 0.25) is 5.91 Å². The first-order valence-electron chi connectivity index (χ1n) is 5.99. The molecule has 0 aliphatic carbocycles. The minimum absolute atomic E-state index is 0.0726. The van der Waals surface area contributed by atoms with Crippen molar-refractivity contribution in [2.24, 2.45) is 0 Å². The number of carbonyl (C=O) groups excluding carboxylic acids is 1. The Morgan fingerprint density at radius 2 is 2.19 bits per heavy atom. The number of hydrogen-bond donors (Lipinski definition) is 1. The second-order valence-corrected chi connectivity index (χ2v) is 4.41. The number of morpholine rings is 1. The van der Waals surface area contributed by atoms with Gasteiger partial charge in [-0.2, -0.15) is 18.3 Å². The molecule has 1 saturated heterocycles. The molecule has 21 heavy (non-hydrogen) atoms. The minimum Gasteiger partial charge on any atom is -0.480 e. The molecule has 0 bridgehead atoms. The highest BCUT2D eigenvalue weighted by Gasteiger charge is 2.35. The van der Waals surface area contributed by atoms with Crippen LogP contribution in [0.4, 0.5) is 13.2 Å². The normalized spacial score (nSPS) is 19.6. The molecule has 1 amide bonds. The molecule has 1 N–H and O–H groups in total. The third-order valence-corrected chi connectivity index (χ3v) is 2.96. The fourth-order valence-electron chi connectivity index (χ4n) is 1.94. The number of ether oxygens (including phenoxy) is 1. The number of nitrogens with zero attached hydrogens (tertiary/aromatic N) is 3. The van der Waals surface area contributed by atoms with Gasteiger partial charge in [0.05, 0.1) is 13.2 Å².